The highest BCUT2D eigenvalue weighted by atomic mass is 35.5. The molecule has 0 unspecified atom stereocenters. The molecular weight excluding hydrogens is 500 g/mol. The van der Waals surface area contributed by atoms with E-state index in [2.05, 4.69) is 27.5 Å². The van der Waals surface area contributed by atoms with E-state index in [1.54, 1.807) is 22.8 Å². The van der Waals surface area contributed by atoms with Crippen LogP contribution >= 0.6 is 11.6 Å². The standard InChI is InChI=1S/C29H27ClN6O2/c1-3-4-11-22-18-36(27-23(19(2)37)12-8-13-26(27)30)29(38)35(22)17-20-14-15-24(21-9-6-5-7-10-21)25(16-20)28-31-33-34-32-28/h5-10,12-16,18H,3-4,11,17H2,1-2H3,(H,31,32,33,34). The third-order valence-electron chi connectivity index (χ3n) is 6.55. The maximum absolute atomic E-state index is 13.8. The zero-order valence-corrected chi connectivity index (χ0v) is 21.9. The Morgan fingerprint density at radius 3 is 2.55 bits per heavy atom. The number of nitrogens with one attached hydrogen (secondary N) is 1. The normalized spacial score (nSPS) is 11.1. The van der Waals surface area contributed by atoms with E-state index in [0.717, 1.165) is 47.2 Å². The molecule has 192 valence electrons. The van der Waals surface area contributed by atoms with E-state index in [0.29, 0.717) is 28.6 Å². The Morgan fingerprint density at radius 2 is 1.84 bits per heavy atom. The predicted octanol–water partition coefficient (Wildman–Crippen LogP) is 5.73. The number of para-hydroxylation sites is 1. The summed E-state index contributed by atoms with van der Waals surface area (Å²) in [6.07, 6.45) is 4.44. The number of benzene rings is 3. The average Bonchev–Trinajstić information content (AvgIpc) is 3.57. The van der Waals surface area contributed by atoms with Gasteiger partial charge in [-0.15, -0.1) is 10.2 Å². The molecule has 5 aromatic rings. The van der Waals surface area contributed by atoms with Gasteiger partial charge in [-0.2, -0.15) is 5.21 Å². The summed E-state index contributed by atoms with van der Waals surface area (Å²) in [6, 6.07) is 21.1. The van der Waals surface area contributed by atoms with Crippen LogP contribution in [0.4, 0.5) is 0 Å². The number of unbranched alkanes of at least 4 members (excludes halogenated alkanes) is 1. The van der Waals surface area contributed by atoms with Gasteiger partial charge in [-0.05, 0) is 59.9 Å². The van der Waals surface area contributed by atoms with Gasteiger partial charge in [0.25, 0.3) is 0 Å². The van der Waals surface area contributed by atoms with Crippen LogP contribution in [0.3, 0.4) is 0 Å². The van der Waals surface area contributed by atoms with E-state index in [-0.39, 0.29) is 11.5 Å². The molecule has 5 rings (SSSR count). The molecule has 0 saturated carbocycles. The lowest BCUT2D eigenvalue weighted by Gasteiger charge is -2.12. The summed E-state index contributed by atoms with van der Waals surface area (Å²) < 4.78 is 3.25. The van der Waals surface area contributed by atoms with E-state index < -0.39 is 0 Å². The first-order chi connectivity index (χ1) is 18.5. The van der Waals surface area contributed by atoms with E-state index in [1.807, 2.05) is 54.7 Å². The highest BCUT2D eigenvalue weighted by molar-refractivity contribution is 6.33. The van der Waals surface area contributed by atoms with Crippen LogP contribution < -0.4 is 5.69 Å². The number of hydrogen-bond donors (Lipinski definition) is 1. The number of imidazole rings is 1. The molecule has 2 aromatic heterocycles. The minimum absolute atomic E-state index is 0.154. The lowest BCUT2D eigenvalue weighted by molar-refractivity contribution is 0.101. The quantitative estimate of drug-likeness (QED) is 0.247. The number of halogens is 1. The van der Waals surface area contributed by atoms with Crippen molar-refractivity contribution < 1.29 is 4.79 Å². The smallest absolute Gasteiger partial charge is 0.294 e. The van der Waals surface area contributed by atoms with Crippen molar-refractivity contribution in [3.63, 3.8) is 0 Å². The van der Waals surface area contributed by atoms with Crippen molar-refractivity contribution in [2.45, 2.75) is 39.7 Å². The molecular formula is C29H27ClN6O2. The number of hydrogen-bond acceptors (Lipinski definition) is 5. The van der Waals surface area contributed by atoms with Crippen LogP contribution in [-0.2, 0) is 13.0 Å². The number of ketones is 1. The molecule has 0 fully saturated rings. The van der Waals surface area contributed by atoms with Crippen LogP contribution in [-0.4, -0.2) is 35.5 Å². The van der Waals surface area contributed by atoms with Gasteiger partial charge in [0.05, 0.1) is 17.3 Å². The number of carbonyl (C=O) groups is 1. The van der Waals surface area contributed by atoms with Gasteiger partial charge >= 0.3 is 5.69 Å². The Labute approximate surface area is 224 Å². The first-order valence-electron chi connectivity index (χ1n) is 12.5. The molecule has 1 N–H and O–H groups in total. The van der Waals surface area contributed by atoms with E-state index >= 15 is 0 Å². The molecule has 0 aliphatic rings. The molecule has 0 aliphatic heterocycles. The van der Waals surface area contributed by atoms with Gasteiger partial charge in [0, 0.05) is 23.0 Å². The van der Waals surface area contributed by atoms with Crippen molar-refractivity contribution in [2.75, 3.05) is 0 Å². The van der Waals surface area contributed by atoms with Crippen LogP contribution in [0.1, 0.15) is 48.3 Å². The summed E-state index contributed by atoms with van der Waals surface area (Å²) in [7, 11) is 0. The number of carbonyl (C=O) groups excluding carboxylic acids is 1. The third-order valence-corrected chi connectivity index (χ3v) is 6.86. The summed E-state index contributed by atoms with van der Waals surface area (Å²) in [6.45, 7) is 3.93. The van der Waals surface area contributed by atoms with Gasteiger partial charge in [-0.1, -0.05) is 73.5 Å². The Kier molecular flexibility index (Phi) is 7.33. The maximum Gasteiger partial charge on any atom is 0.333 e. The SMILES string of the molecule is CCCCc1cn(-c2c(Cl)cccc2C(C)=O)c(=O)n1Cc1ccc(-c2ccccc2)c(-c2nn[nH]n2)c1. The monoisotopic (exact) mass is 526 g/mol. The van der Waals surface area contributed by atoms with Crippen molar-refractivity contribution in [1.82, 2.24) is 29.8 Å². The minimum atomic E-state index is -0.250. The lowest BCUT2D eigenvalue weighted by atomic mass is 9.97. The zero-order chi connectivity index (χ0) is 26.6. The second kappa shape index (κ2) is 11.0. The van der Waals surface area contributed by atoms with Crippen molar-refractivity contribution in [2.24, 2.45) is 0 Å². The fourth-order valence-corrected chi connectivity index (χ4v) is 4.93. The third kappa shape index (κ3) is 4.95. The summed E-state index contributed by atoms with van der Waals surface area (Å²) in [5.74, 6) is 0.322. The van der Waals surface area contributed by atoms with Crippen LogP contribution in [0.15, 0.2) is 77.7 Å². The number of aromatic nitrogens is 6. The molecule has 0 saturated heterocycles. The van der Waals surface area contributed by atoms with Crippen molar-refractivity contribution >= 4 is 17.4 Å². The molecule has 8 nitrogen and oxygen atoms in total. The molecule has 0 atom stereocenters. The van der Waals surface area contributed by atoms with Crippen molar-refractivity contribution in [1.29, 1.82) is 0 Å². The first kappa shape index (κ1) is 25.4. The Balaban J connectivity index is 1.62. The van der Waals surface area contributed by atoms with Crippen molar-refractivity contribution in [3.8, 4) is 28.2 Å². The summed E-state index contributed by atoms with van der Waals surface area (Å²) in [5, 5.41) is 15.0. The number of aromatic amines is 1. The minimum Gasteiger partial charge on any atom is -0.294 e. The zero-order valence-electron chi connectivity index (χ0n) is 21.2. The Bertz CT molecular complexity index is 1640. The van der Waals surface area contributed by atoms with Crippen LogP contribution in [0.5, 0.6) is 0 Å². The summed E-state index contributed by atoms with van der Waals surface area (Å²) in [4.78, 5) is 26.2. The van der Waals surface area contributed by atoms with Gasteiger partial charge in [-0.25, -0.2) is 4.79 Å². The number of Topliss-reactive ketones (excluding diaryl/α,β-unsaturated/α-hetero) is 1. The molecule has 0 amide bonds. The second-order valence-electron chi connectivity index (χ2n) is 9.14. The first-order valence-corrected chi connectivity index (χ1v) is 12.9. The van der Waals surface area contributed by atoms with Gasteiger partial charge in [0.1, 0.15) is 0 Å². The number of tetrazole rings is 1. The maximum atomic E-state index is 13.8. The summed E-state index contributed by atoms with van der Waals surface area (Å²) >= 11 is 6.52. The van der Waals surface area contributed by atoms with E-state index in [9.17, 15) is 9.59 Å². The van der Waals surface area contributed by atoms with Crippen molar-refractivity contribution in [3.05, 3.63) is 105 Å². The molecule has 3 aromatic carbocycles. The van der Waals surface area contributed by atoms with E-state index in [1.165, 1.54) is 11.5 Å². The highest BCUT2D eigenvalue weighted by Crippen LogP contribution is 2.31. The number of aryl methyl sites for hydroxylation is 1. The average molecular weight is 527 g/mol. The van der Waals surface area contributed by atoms with Crippen LogP contribution in [0, 0.1) is 0 Å². The fourth-order valence-electron chi connectivity index (χ4n) is 4.66. The van der Waals surface area contributed by atoms with Crippen LogP contribution in [0.25, 0.3) is 28.2 Å². The number of nitrogens with zero attached hydrogens (tertiary/aromatic N) is 5. The Morgan fingerprint density at radius 1 is 1.03 bits per heavy atom. The fraction of sp³-hybridized carbons (Fsp3) is 0.207. The Hall–Kier alpha value is -4.30. The van der Waals surface area contributed by atoms with Gasteiger partial charge < -0.3 is 0 Å². The topological polar surface area (TPSA) is 98.5 Å². The second-order valence-corrected chi connectivity index (χ2v) is 9.54. The molecule has 38 heavy (non-hydrogen) atoms. The molecule has 0 bridgehead atoms. The molecule has 2 heterocycles. The van der Waals surface area contributed by atoms with Gasteiger partial charge in [-0.3, -0.25) is 13.9 Å². The molecule has 0 spiro atoms. The van der Waals surface area contributed by atoms with Gasteiger partial charge in [0.2, 0.25) is 5.82 Å². The molecule has 0 aliphatic carbocycles. The lowest BCUT2D eigenvalue weighted by Crippen LogP contribution is -2.26. The number of rotatable bonds is 9. The number of H-pyrrole nitrogens is 1. The highest BCUT2D eigenvalue weighted by Gasteiger charge is 2.20. The predicted molar refractivity (Wildman–Crippen MR) is 148 cm³/mol. The van der Waals surface area contributed by atoms with Gasteiger partial charge in [0.15, 0.2) is 5.78 Å². The largest absolute Gasteiger partial charge is 0.333 e. The molecule has 9 heteroatoms. The van der Waals surface area contributed by atoms with Crippen LogP contribution in [0.2, 0.25) is 5.02 Å². The van der Waals surface area contributed by atoms with E-state index in [4.69, 9.17) is 11.6 Å². The molecule has 0 radical (unpaired) electrons. The summed E-state index contributed by atoms with van der Waals surface area (Å²) in [5.41, 5.74) is 5.17.